The molecule has 2 aromatic carbocycles. The number of halogens is 3. The van der Waals surface area contributed by atoms with Gasteiger partial charge in [0.05, 0.1) is 23.0 Å². The summed E-state index contributed by atoms with van der Waals surface area (Å²) < 4.78 is 45.4. The van der Waals surface area contributed by atoms with Gasteiger partial charge in [0.2, 0.25) is 0 Å². The van der Waals surface area contributed by atoms with Crippen molar-refractivity contribution >= 4 is 34.6 Å². The van der Waals surface area contributed by atoms with Crippen LogP contribution in [0.4, 0.5) is 24.5 Å². The zero-order valence-electron chi connectivity index (χ0n) is 18.0. The predicted molar refractivity (Wildman–Crippen MR) is 123 cm³/mol. The Labute approximate surface area is 190 Å². The van der Waals surface area contributed by atoms with E-state index in [1.807, 2.05) is 18.7 Å². The highest BCUT2D eigenvalue weighted by Crippen LogP contribution is 2.36. The maximum Gasteiger partial charge on any atom is 0.416 e. The van der Waals surface area contributed by atoms with Crippen molar-refractivity contribution in [1.82, 2.24) is 5.32 Å². The number of piperidine rings is 1. The third-order valence-electron chi connectivity index (χ3n) is 4.98. The maximum absolute atomic E-state index is 13.3. The van der Waals surface area contributed by atoms with Gasteiger partial charge in [-0.05, 0) is 87.8 Å². The first kappa shape index (κ1) is 23.8. The second kappa shape index (κ2) is 10.2. The van der Waals surface area contributed by atoms with Gasteiger partial charge in [0, 0.05) is 18.7 Å². The van der Waals surface area contributed by atoms with E-state index in [2.05, 4.69) is 10.6 Å². The quantitative estimate of drug-likeness (QED) is 0.562. The van der Waals surface area contributed by atoms with E-state index < -0.39 is 17.6 Å². The Bertz CT molecular complexity index is 956. The molecule has 0 radical (unpaired) electrons. The summed E-state index contributed by atoms with van der Waals surface area (Å²) >= 11 is 5.23. The fraction of sp³-hybridized carbons (Fsp3) is 0.391. The largest absolute Gasteiger partial charge is 0.491 e. The molecule has 5 nitrogen and oxygen atoms in total. The van der Waals surface area contributed by atoms with Crippen molar-refractivity contribution in [3.05, 3.63) is 53.6 Å². The van der Waals surface area contributed by atoms with E-state index >= 15 is 0 Å². The molecule has 0 aromatic heterocycles. The molecule has 0 saturated carbocycles. The minimum absolute atomic E-state index is 0.00742. The summed E-state index contributed by atoms with van der Waals surface area (Å²) in [6, 6.07) is 10.1. The van der Waals surface area contributed by atoms with Crippen molar-refractivity contribution in [2.45, 2.75) is 45.4 Å². The zero-order chi connectivity index (χ0) is 23.3. The molecule has 1 heterocycles. The third-order valence-corrected chi connectivity index (χ3v) is 5.19. The van der Waals surface area contributed by atoms with Crippen molar-refractivity contribution in [3.63, 3.8) is 0 Å². The number of nitrogens with one attached hydrogen (secondary N) is 2. The van der Waals surface area contributed by atoms with Gasteiger partial charge in [-0.1, -0.05) is 0 Å². The summed E-state index contributed by atoms with van der Waals surface area (Å²) in [5, 5.41) is 5.25. The van der Waals surface area contributed by atoms with Crippen molar-refractivity contribution in [2.75, 3.05) is 23.3 Å². The lowest BCUT2D eigenvalue weighted by Gasteiger charge is -2.31. The Morgan fingerprint density at radius 3 is 2.31 bits per heavy atom. The molecule has 2 aromatic rings. The average molecular weight is 466 g/mol. The zero-order valence-corrected chi connectivity index (χ0v) is 18.8. The molecule has 3 rings (SSSR count). The molecular formula is C23H26F3N3O2S. The Morgan fingerprint density at radius 2 is 1.72 bits per heavy atom. The molecule has 0 spiro atoms. The monoisotopic (exact) mass is 465 g/mol. The summed E-state index contributed by atoms with van der Waals surface area (Å²) in [5.41, 5.74) is 0.415. The van der Waals surface area contributed by atoms with E-state index in [0.29, 0.717) is 17.0 Å². The predicted octanol–water partition coefficient (Wildman–Crippen LogP) is 5.61. The van der Waals surface area contributed by atoms with Crippen LogP contribution in [0.25, 0.3) is 0 Å². The first-order valence-corrected chi connectivity index (χ1v) is 10.9. The number of carbonyl (C=O) groups excluding carboxylic acids is 1. The molecule has 1 aliphatic rings. The standard InChI is InChI=1S/C23H26F3N3O2S/c1-15(2)31-18-9-6-16(7-10-18)21(30)28-22(32)27-19-14-17(23(24,25)26)8-11-20(19)29-12-4-3-5-13-29/h6-11,14-15H,3-5,12-13H2,1-2H3,(H2,27,28,30,32). The van der Waals surface area contributed by atoms with E-state index in [1.54, 1.807) is 24.3 Å². The Balaban J connectivity index is 1.74. The van der Waals surface area contributed by atoms with Crippen molar-refractivity contribution in [1.29, 1.82) is 0 Å². The summed E-state index contributed by atoms with van der Waals surface area (Å²) in [6.45, 7) is 5.31. The van der Waals surface area contributed by atoms with Gasteiger partial charge in [-0.2, -0.15) is 13.2 Å². The van der Waals surface area contributed by atoms with Crippen molar-refractivity contribution < 1.29 is 22.7 Å². The summed E-state index contributed by atoms with van der Waals surface area (Å²) in [4.78, 5) is 14.6. The Morgan fingerprint density at radius 1 is 1.06 bits per heavy atom. The molecule has 0 aliphatic carbocycles. The van der Waals surface area contributed by atoms with Crippen LogP contribution in [0.1, 0.15) is 49.0 Å². The molecule has 0 bridgehead atoms. The minimum Gasteiger partial charge on any atom is -0.491 e. The van der Waals surface area contributed by atoms with Gasteiger partial charge >= 0.3 is 6.18 Å². The van der Waals surface area contributed by atoms with Crippen LogP contribution in [-0.2, 0) is 6.18 Å². The Kier molecular flexibility index (Phi) is 7.60. The van der Waals surface area contributed by atoms with Gasteiger partial charge in [-0.25, -0.2) is 0 Å². The number of ether oxygens (including phenoxy) is 1. The highest BCUT2D eigenvalue weighted by molar-refractivity contribution is 7.80. The first-order valence-electron chi connectivity index (χ1n) is 10.5. The molecule has 32 heavy (non-hydrogen) atoms. The van der Waals surface area contributed by atoms with Crippen LogP contribution in [0.3, 0.4) is 0 Å². The molecule has 172 valence electrons. The van der Waals surface area contributed by atoms with Gasteiger partial charge in [0.25, 0.3) is 5.91 Å². The van der Waals surface area contributed by atoms with Crippen molar-refractivity contribution in [3.8, 4) is 5.75 Å². The molecule has 0 atom stereocenters. The van der Waals surface area contributed by atoms with Gasteiger partial charge in [0.1, 0.15) is 5.75 Å². The van der Waals surface area contributed by atoms with Crippen LogP contribution in [0.15, 0.2) is 42.5 Å². The van der Waals surface area contributed by atoms with Gasteiger partial charge < -0.3 is 15.0 Å². The summed E-state index contributed by atoms with van der Waals surface area (Å²) in [7, 11) is 0. The lowest BCUT2D eigenvalue weighted by atomic mass is 10.1. The molecular weight excluding hydrogens is 439 g/mol. The van der Waals surface area contributed by atoms with Crippen LogP contribution in [0, 0.1) is 0 Å². The first-order chi connectivity index (χ1) is 15.1. The number of benzene rings is 2. The molecule has 1 fully saturated rings. The van der Waals surface area contributed by atoms with E-state index in [9.17, 15) is 18.0 Å². The number of rotatable bonds is 5. The lowest BCUT2D eigenvalue weighted by molar-refractivity contribution is -0.137. The fourth-order valence-electron chi connectivity index (χ4n) is 3.51. The van der Waals surface area contributed by atoms with Crippen LogP contribution < -0.4 is 20.3 Å². The van der Waals surface area contributed by atoms with Crippen LogP contribution in [0.5, 0.6) is 5.75 Å². The number of hydrogen-bond acceptors (Lipinski definition) is 4. The topological polar surface area (TPSA) is 53.6 Å². The average Bonchev–Trinajstić information content (AvgIpc) is 2.73. The molecule has 1 aliphatic heterocycles. The van der Waals surface area contributed by atoms with E-state index in [-0.39, 0.29) is 16.9 Å². The van der Waals surface area contributed by atoms with Crippen LogP contribution >= 0.6 is 12.2 Å². The number of alkyl halides is 3. The van der Waals surface area contributed by atoms with Crippen LogP contribution in [-0.4, -0.2) is 30.2 Å². The summed E-state index contributed by atoms with van der Waals surface area (Å²) in [5.74, 6) is 0.164. The highest BCUT2D eigenvalue weighted by atomic mass is 32.1. The molecule has 9 heteroatoms. The number of thiocarbonyl (C=S) groups is 1. The van der Waals surface area contributed by atoms with E-state index in [4.69, 9.17) is 17.0 Å². The van der Waals surface area contributed by atoms with Crippen molar-refractivity contribution in [2.24, 2.45) is 0 Å². The number of nitrogens with zero attached hydrogens (tertiary/aromatic N) is 1. The second-order valence-corrected chi connectivity index (χ2v) is 8.28. The Hall–Kier alpha value is -2.81. The maximum atomic E-state index is 13.3. The lowest BCUT2D eigenvalue weighted by Crippen LogP contribution is -2.35. The fourth-order valence-corrected chi connectivity index (χ4v) is 3.71. The number of hydrogen-bond donors (Lipinski definition) is 2. The number of anilines is 2. The van der Waals surface area contributed by atoms with Gasteiger partial charge in [-0.3, -0.25) is 10.1 Å². The van der Waals surface area contributed by atoms with Gasteiger partial charge in [0.15, 0.2) is 5.11 Å². The van der Waals surface area contributed by atoms with Crippen LogP contribution in [0.2, 0.25) is 0 Å². The number of amides is 1. The molecule has 1 amide bonds. The van der Waals surface area contributed by atoms with E-state index in [1.165, 1.54) is 6.07 Å². The summed E-state index contributed by atoms with van der Waals surface area (Å²) in [6.07, 6.45) is -1.44. The molecule has 0 unspecified atom stereocenters. The highest BCUT2D eigenvalue weighted by Gasteiger charge is 2.31. The van der Waals surface area contributed by atoms with E-state index in [0.717, 1.165) is 44.5 Å². The molecule has 1 saturated heterocycles. The van der Waals surface area contributed by atoms with Gasteiger partial charge in [-0.15, -0.1) is 0 Å². The SMILES string of the molecule is CC(C)Oc1ccc(C(=O)NC(=S)Nc2cc(C(F)(F)F)ccc2N2CCCCC2)cc1. The minimum atomic E-state index is -4.48. The normalized spacial score (nSPS) is 14.2. The third kappa shape index (κ3) is 6.35. The molecule has 2 N–H and O–H groups in total. The number of carbonyl (C=O) groups is 1. The second-order valence-electron chi connectivity index (χ2n) is 7.88. The smallest absolute Gasteiger partial charge is 0.416 e.